The van der Waals surface area contributed by atoms with Crippen LogP contribution < -0.4 is 5.19 Å². The zero-order valence-corrected chi connectivity index (χ0v) is 30.1. The molecule has 1 unspecified atom stereocenters. The van der Waals surface area contributed by atoms with Gasteiger partial charge >= 0.3 is 0 Å². The van der Waals surface area contributed by atoms with E-state index in [1.165, 1.54) is 32.1 Å². The normalized spacial score (nSPS) is 17.0. The summed E-state index contributed by atoms with van der Waals surface area (Å²) in [7, 11) is -1.69. The van der Waals surface area contributed by atoms with Crippen LogP contribution in [0.5, 0.6) is 0 Å². The van der Waals surface area contributed by atoms with E-state index in [1.807, 2.05) is 66.7 Å². The molecular formula is C50H36OSi. The Morgan fingerprint density at radius 3 is 2.00 bits per heavy atom. The van der Waals surface area contributed by atoms with Crippen LogP contribution in [-0.2, 0) is 5.41 Å². The van der Waals surface area contributed by atoms with Crippen LogP contribution in [0.1, 0.15) is 29.1 Å². The number of fused-ring (bicyclic) bond motifs is 7. The number of para-hydroxylation sites is 1. The van der Waals surface area contributed by atoms with Gasteiger partial charge in [0.05, 0.1) is 20.3 Å². The lowest BCUT2D eigenvalue weighted by atomic mass is 9.67. The van der Waals surface area contributed by atoms with Crippen molar-refractivity contribution < 1.29 is 11.3 Å². The minimum Gasteiger partial charge on any atom is -0.455 e. The number of hydrogen-bond donors (Lipinski definition) is 0. The topological polar surface area (TPSA) is 13.1 Å². The van der Waals surface area contributed by atoms with Crippen molar-refractivity contribution in [2.45, 2.75) is 25.1 Å². The Kier molecular flexibility index (Phi) is 5.08. The molecule has 0 radical (unpaired) electrons. The molecule has 1 nitrogen and oxygen atoms in total. The molecule has 0 fully saturated rings. The smallest absolute Gasteiger partial charge is 0.144 e. The van der Waals surface area contributed by atoms with Crippen molar-refractivity contribution in [2.75, 3.05) is 0 Å². The van der Waals surface area contributed by atoms with E-state index in [1.54, 1.807) is 0 Å². The van der Waals surface area contributed by atoms with Gasteiger partial charge in [-0.25, -0.2) is 0 Å². The molecule has 0 spiro atoms. The van der Waals surface area contributed by atoms with E-state index < -0.39 is 19.5 Å². The van der Waals surface area contributed by atoms with Gasteiger partial charge in [0, 0.05) is 16.3 Å². The SMILES string of the molecule is [2H]c1c([2H])c([2H])c(C2(c3ccccc3)c3ccccc3-c3c2cc(-c2ccc4ccc5c([Si](C)(C)C)ccc6ccc2c4c65)c2c3oc3ccccc32)c([2H])c1[2H]. The summed E-state index contributed by atoms with van der Waals surface area (Å²) in [4.78, 5) is 0. The molecule has 11 rings (SSSR count). The molecule has 10 aromatic rings. The Morgan fingerprint density at radius 2 is 1.19 bits per heavy atom. The third-order valence-corrected chi connectivity index (χ3v) is 13.6. The zero-order chi connectivity index (χ0) is 39.1. The van der Waals surface area contributed by atoms with Gasteiger partial charge in [-0.1, -0.05) is 176 Å². The van der Waals surface area contributed by atoms with E-state index in [2.05, 4.69) is 86.4 Å². The lowest BCUT2D eigenvalue weighted by molar-refractivity contribution is 0.669. The monoisotopic (exact) mass is 685 g/mol. The first kappa shape index (κ1) is 25.1. The highest BCUT2D eigenvalue weighted by Gasteiger charge is 2.48. The molecule has 52 heavy (non-hydrogen) atoms. The van der Waals surface area contributed by atoms with Gasteiger partial charge in [0.25, 0.3) is 0 Å². The first-order valence-corrected chi connectivity index (χ1v) is 21.4. The van der Waals surface area contributed by atoms with Crippen LogP contribution in [0, 0.1) is 0 Å². The summed E-state index contributed by atoms with van der Waals surface area (Å²) in [5.41, 5.74) is 6.70. The van der Waals surface area contributed by atoms with Gasteiger partial charge < -0.3 is 4.42 Å². The number of hydrogen-bond acceptors (Lipinski definition) is 1. The van der Waals surface area contributed by atoms with E-state index in [0.29, 0.717) is 5.58 Å². The second-order valence-corrected chi connectivity index (χ2v) is 20.2. The molecule has 0 bridgehead atoms. The average molecular weight is 686 g/mol. The molecule has 0 saturated heterocycles. The molecule has 1 aromatic heterocycles. The second kappa shape index (κ2) is 10.5. The fraction of sp³-hybridized carbons (Fsp3) is 0.0800. The Labute approximate surface area is 311 Å². The summed E-state index contributed by atoms with van der Waals surface area (Å²) in [6.45, 7) is 7.22. The standard InChI is InChI=1S/C50H36OSi/c1-52(2,3)44-29-25-32-23-27-36-35(26-22-31-24-28-39(44)46(32)45(31)36)40-30-42-48(49-47(40)38-19-11-13-21-43(38)51-49)37-18-10-12-20-41(37)50(42,33-14-6-4-7-15-33)34-16-8-5-9-17-34/h4-30H,1-3H3/i4D,6D,7D,14D,15D. The van der Waals surface area contributed by atoms with Gasteiger partial charge in [-0.2, -0.15) is 0 Å². The molecule has 0 saturated carbocycles. The van der Waals surface area contributed by atoms with Crippen LogP contribution in [-0.4, -0.2) is 8.07 Å². The van der Waals surface area contributed by atoms with Gasteiger partial charge in [-0.3, -0.25) is 0 Å². The van der Waals surface area contributed by atoms with Gasteiger partial charge in [-0.15, -0.1) is 0 Å². The Morgan fingerprint density at radius 1 is 0.519 bits per heavy atom. The fourth-order valence-electron chi connectivity index (χ4n) is 9.39. The highest BCUT2D eigenvalue weighted by Crippen LogP contribution is 2.60. The Bertz CT molecular complexity index is 3310. The summed E-state index contributed by atoms with van der Waals surface area (Å²) >= 11 is 0. The maximum atomic E-state index is 9.52. The first-order valence-electron chi connectivity index (χ1n) is 20.4. The van der Waals surface area contributed by atoms with Crippen molar-refractivity contribution in [3.63, 3.8) is 0 Å². The zero-order valence-electron chi connectivity index (χ0n) is 34.1. The molecule has 1 aliphatic rings. The van der Waals surface area contributed by atoms with E-state index in [4.69, 9.17) is 8.53 Å². The summed E-state index contributed by atoms with van der Waals surface area (Å²) in [5, 5.41) is 10.8. The summed E-state index contributed by atoms with van der Waals surface area (Å²) in [5.74, 6) is 0. The molecule has 0 aliphatic heterocycles. The third kappa shape index (κ3) is 3.82. The van der Waals surface area contributed by atoms with Gasteiger partial charge in [0.1, 0.15) is 11.2 Å². The molecule has 246 valence electrons. The van der Waals surface area contributed by atoms with Crippen LogP contribution >= 0.6 is 0 Å². The highest BCUT2D eigenvalue weighted by molar-refractivity contribution is 6.90. The summed E-state index contributed by atoms with van der Waals surface area (Å²) in [6, 6.07) is 45.0. The predicted octanol–water partition coefficient (Wildman–Crippen LogP) is 13.1. The molecule has 1 heterocycles. The molecule has 1 aliphatic carbocycles. The Balaban J connectivity index is 1.36. The van der Waals surface area contributed by atoms with Crippen LogP contribution in [0.3, 0.4) is 0 Å². The first-order chi connectivity index (χ1) is 27.5. The van der Waals surface area contributed by atoms with Crippen LogP contribution in [0.15, 0.2) is 168 Å². The minimum absolute atomic E-state index is 0.223. The maximum Gasteiger partial charge on any atom is 0.144 e. The second-order valence-electron chi connectivity index (χ2n) is 15.2. The quantitative estimate of drug-likeness (QED) is 0.133. The molecule has 9 aromatic carbocycles. The fourth-order valence-corrected chi connectivity index (χ4v) is 11.0. The van der Waals surface area contributed by atoms with Crippen molar-refractivity contribution in [2.24, 2.45) is 0 Å². The van der Waals surface area contributed by atoms with E-state index in [-0.39, 0.29) is 29.7 Å². The molecule has 0 N–H and O–H groups in total. The van der Waals surface area contributed by atoms with Crippen molar-refractivity contribution in [1.29, 1.82) is 0 Å². The van der Waals surface area contributed by atoms with E-state index in [9.17, 15) is 2.74 Å². The molecular weight excluding hydrogens is 645 g/mol. The van der Waals surface area contributed by atoms with Crippen LogP contribution in [0.2, 0.25) is 19.6 Å². The maximum absolute atomic E-state index is 9.52. The van der Waals surface area contributed by atoms with E-state index in [0.717, 1.165) is 60.7 Å². The molecule has 0 amide bonds. The van der Waals surface area contributed by atoms with Crippen molar-refractivity contribution >= 4 is 67.5 Å². The van der Waals surface area contributed by atoms with Crippen molar-refractivity contribution in [3.05, 3.63) is 186 Å². The van der Waals surface area contributed by atoms with Gasteiger partial charge in [0.2, 0.25) is 0 Å². The predicted molar refractivity (Wildman–Crippen MR) is 223 cm³/mol. The van der Waals surface area contributed by atoms with Crippen LogP contribution in [0.25, 0.3) is 76.5 Å². The van der Waals surface area contributed by atoms with Gasteiger partial charge in [-0.05, 0) is 83.4 Å². The van der Waals surface area contributed by atoms with Crippen LogP contribution in [0.4, 0.5) is 0 Å². The third-order valence-electron chi connectivity index (χ3n) is 11.5. The number of benzene rings is 9. The van der Waals surface area contributed by atoms with E-state index >= 15 is 0 Å². The largest absolute Gasteiger partial charge is 0.455 e. The van der Waals surface area contributed by atoms with Crippen molar-refractivity contribution in [1.82, 2.24) is 0 Å². The molecule has 1 atom stereocenters. The minimum atomic E-state index is -1.69. The molecule has 2 heteroatoms. The lowest BCUT2D eigenvalue weighted by Gasteiger charge is -2.34. The number of furan rings is 1. The summed E-state index contributed by atoms with van der Waals surface area (Å²) < 4.78 is 52.5. The van der Waals surface area contributed by atoms with Gasteiger partial charge in [0.15, 0.2) is 0 Å². The lowest BCUT2D eigenvalue weighted by Crippen LogP contribution is -2.38. The average Bonchev–Trinajstić information content (AvgIpc) is 3.75. The Hall–Kier alpha value is -5.96. The highest BCUT2D eigenvalue weighted by atomic mass is 28.3. The summed E-state index contributed by atoms with van der Waals surface area (Å²) in [6.07, 6.45) is 0. The van der Waals surface area contributed by atoms with Crippen molar-refractivity contribution in [3.8, 4) is 22.3 Å². The number of rotatable bonds is 4.